The first kappa shape index (κ1) is 29.6. The normalized spacial score (nSPS) is 15.4. The molecule has 0 N–H and O–H groups in total. The molecule has 0 radical (unpaired) electrons. The number of benzene rings is 5. The summed E-state index contributed by atoms with van der Waals surface area (Å²) in [6.07, 6.45) is 9.50. The fraction of sp³-hybridized carbons (Fsp3) is 0.0638. The van der Waals surface area contributed by atoms with E-state index in [0.717, 1.165) is 28.9 Å². The second-order valence-electron chi connectivity index (χ2n) is 13.8. The number of fused-ring (bicyclic) bond motifs is 10. The maximum absolute atomic E-state index is 4.55. The Labute approximate surface area is 299 Å². The zero-order valence-corrected chi connectivity index (χ0v) is 28.4. The first-order valence-electron chi connectivity index (χ1n) is 17.8. The molecule has 0 bridgehead atoms. The van der Waals surface area contributed by atoms with Gasteiger partial charge in [0.05, 0.1) is 11.4 Å². The minimum absolute atomic E-state index is 0.142. The Morgan fingerprint density at radius 3 is 1.67 bits per heavy atom. The van der Waals surface area contributed by atoms with Crippen LogP contribution in [0.4, 0.5) is 11.4 Å². The maximum atomic E-state index is 4.55. The van der Waals surface area contributed by atoms with Gasteiger partial charge in [0.2, 0.25) is 0 Å². The highest BCUT2D eigenvalue weighted by Crippen LogP contribution is 2.51. The molecule has 0 saturated carbocycles. The number of allylic oxidation sites excluding steroid dienone is 4. The lowest BCUT2D eigenvalue weighted by Crippen LogP contribution is -2.54. The van der Waals surface area contributed by atoms with E-state index in [1.807, 2.05) is 36.7 Å². The number of rotatable bonds is 4. The minimum atomic E-state index is 0.142. The van der Waals surface area contributed by atoms with E-state index in [-0.39, 0.29) is 6.85 Å². The Kier molecular flexibility index (Phi) is 6.95. The molecule has 1 atom stereocenters. The second kappa shape index (κ2) is 12.0. The van der Waals surface area contributed by atoms with E-state index in [2.05, 4.69) is 155 Å². The Morgan fingerprint density at radius 1 is 0.529 bits per heavy atom. The van der Waals surface area contributed by atoms with Gasteiger partial charge in [-0.15, -0.1) is 0 Å². The molecule has 0 fully saturated rings. The second-order valence-corrected chi connectivity index (χ2v) is 13.8. The summed E-state index contributed by atoms with van der Waals surface area (Å²) in [5.41, 5.74) is 19.8. The topological polar surface area (TPSA) is 29.0 Å². The Bertz CT molecular complexity index is 2500. The van der Waals surface area contributed by atoms with E-state index in [1.54, 1.807) is 0 Å². The molecule has 1 unspecified atom stereocenters. The van der Waals surface area contributed by atoms with Gasteiger partial charge in [-0.1, -0.05) is 122 Å². The van der Waals surface area contributed by atoms with Crippen LogP contribution in [0.3, 0.4) is 0 Å². The summed E-state index contributed by atoms with van der Waals surface area (Å²) < 4.78 is 0. The van der Waals surface area contributed by atoms with Crippen molar-refractivity contribution < 1.29 is 0 Å². The highest BCUT2D eigenvalue weighted by Gasteiger charge is 2.45. The third-order valence-electron chi connectivity index (χ3n) is 10.9. The summed E-state index contributed by atoms with van der Waals surface area (Å²) in [7, 11) is 0. The van der Waals surface area contributed by atoms with E-state index in [0.29, 0.717) is 5.92 Å². The molecule has 0 spiro atoms. The van der Waals surface area contributed by atoms with Gasteiger partial charge >= 0.3 is 6.85 Å². The summed E-state index contributed by atoms with van der Waals surface area (Å²) in [4.78, 5) is 11.7. The zero-order valence-electron chi connectivity index (χ0n) is 28.4. The van der Waals surface area contributed by atoms with Gasteiger partial charge in [-0.05, 0) is 99.7 Å². The highest BCUT2D eigenvalue weighted by molar-refractivity contribution is 6.87. The molecular weight excluding hydrogens is 617 g/mol. The summed E-state index contributed by atoms with van der Waals surface area (Å²) >= 11 is 0. The molecule has 4 heterocycles. The molecule has 1 aliphatic carbocycles. The van der Waals surface area contributed by atoms with Gasteiger partial charge in [0.25, 0.3) is 0 Å². The molecule has 51 heavy (non-hydrogen) atoms. The molecule has 0 amide bonds. The van der Waals surface area contributed by atoms with Crippen molar-refractivity contribution in [3.63, 3.8) is 0 Å². The average Bonchev–Trinajstić information content (AvgIpc) is 3.21. The van der Waals surface area contributed by atoms with Crippen LogP contribution in [-0.4, -0.2) is 16.8 Å². The summed E-state index contributed by atoms with van der Waals surface area (Å²) in [5, 5.41) is 0. The van der Waals surface area contributed by atoms with Crippen LogP contribution in [0.15, 0.2) is 176 Å². The van der Waals surface area contributed by atoms with Crippen molar-refractivity contribution in [2.45, 2.75) is 13.3 Å². The SMILES string of the molecule is CC1CC=CC2=C1B1c3ccccc3-c3cc(-c4ccc(-c5ccccn5)cc4)ccc3N1c1ccc(-c3ccc(-c4ccccn4)cc3)cc12. The quantitative estimate of drug-likeness (QED) is 0.177. The fourth-order valence-electron chi connectivity index (χ4n) is 8.39. The predicted octanol–water partition coefficient (Wildman–Crippen LogP) is 11.1. The standard InChI is InChI=1S/C47H34BN3/c1-31-9-8-11-39-41-30-37(33-17-21-35(22-18-33)44-14-5-7-28-50-44)24-26-46(41)51-45-25-23-36(32-15-19-34(20-16-32)43-13-4-6-27-49-43)29-40(45)38-10-2-3-12-42(38)48(51)47(31)39/h2-8,10-31H,9H2,1H3. The smallest absolute Gasteiger partial charge is 0.325 e. The van der Waals surface area contributed by atoms with E-state index >= 15 is 0 Å². The molecule has 7 aromatic rings. The lowest BCUT2D eigenvalue weighted by Gasteiger charge is -2.46. The molecule has 2 aliphatic heterocycles. The summed E-state index contributed by atoms with van der Waals surface area (Å²) in [5.74, 6) is 0.429. The van der Waals surface area contributed by atoms with E-state index < -0.39 is 0 Å². The monoisotopic (exact) mass is 651 g/mol. The molecule has 240 valence electrons. The molecule has 0 saturated heterocycles. The third-order valence-corrected chi connectivity index (χ3v) is 10.9. The van der Waals surface area contributed by atoms with E-state index in [4.69, 9.17) is 0 Å². The number of anilines is 2. The largest absolute Gasteiger partial charge is 0.376 e. The maximum Gasteiger partial charge on any atom is 0.325 e. The van der Waals surface area contributed by atoms with Crippen LogP contribution < -0.4 is 10.3 Å². The van der Waals surface area contributed by atoms with Crippen molar-refractivity contribution >= 4 is 29.3 Å². The van der Waals surface area contributed by atoms with Crippen LogP contribution in [0.2, 0.25) is 0 Å². The molecule has 3 nitrogen and oxygen atoms in total. The number of hydrogen-bond donors (Lipinski definition) is 0. The van der Waals surface area contributed by atoms with Gasteiger partial charge in [0.1, 0.15) is 0 Å². The van der Waals surface area contributed by atoms with E-state index in [9.17, 15) is 0 Å². The molecule has 2 aromatic heterocycles. The summed E-state index contributed by atoms with van der Waals surface area (Å²) in [6.45, 7) is 2.54. The number of nitrogens with zero attached hydrogens (tertiary/aromatic N) is 3. The third kappa shape index (κ3) is 4.90. The van der Waals surface area contributed by atoms with Gasteiger partial charge in [0, 0.05) is 46.0 Å². The lowest BCUT2D eigenvalue weighted by molar-refractivity contribution is 0.718. The molecular formula is C47H34BN3. The van der Waals surface area contributed by atoms with Crippen molar-refractivity contribution in [1.29, 1.82) is 0 Å². The van der Waals surface area contributed by atoms with Crippen LogP contribution in [0.25, 0.3) is 61.5 Å². The number of pyridine rings is 2. The van der Waals surface area contributed by atoms with Crippen molar-refractivity contribution in [3.05, 3.63) is 181 Å². The molecule has 3 aliphatic rings. The minimum Gasteiger partial charge on any atom is -0.376 e. The zero-order chi connectivity index (χ0) is 33.9. The van der Waals surface area contributed by atoms with Gasteiger partial charge in [-0.2, -0.15) is 0 Å². The number of aromatic nitrogens is 2. The van der Waals surface area contributed by atoms with Crippen LogP contribution in [0.5, 0.6) is 0 Å². The highest BCUT2D eigenvalue weighted by atomic mass is 15.1. The van der Waals surface area contributed by atoms with Gasteiger partial charge in [-0.3, -0.25) is 9.97 Å². The molecule has 5 aromatic carbocycles. The predicted molar refractivity (Wildman–Crippen MR) is 213 cm³/mol. The van der Waals surface area contributed by atoms with Crippen molar-refractivity contribution in [2.24, 2.45) is 5.92 Å². The van der Waals surface area contributed by atoms with Crippen molar-refractivity contribution in [1.82, 2.24) is 9.97 Å². The Hall–Kier alpha value is -6.26. The fourth-order valence-corrected chi connectivity index (χ4v) is 8.39. The van der Waals surface area contributed by atoms with Crippen LogP contribution >= 0.6 is 0 Å². The molecule has 10 rings (SSSR count). The first-order chi connectivity index (χ1) is 25.2. The van der Waals surface area contributed by atoms with Crippen molar-refractivity contribution in [2.75, 3.05) is 4.81 Å². The van der Waals surface area contributed by atoms with Crippen LogP contribution in [0.1, 0.15) is 18.9 Å². The van der Waals surface area contributed by atoms with Gasteiger partial charge in [0.15, 0.2) is 0 Å². The van der Waals surface area contributed by atoms with Crippen LogP contribution in [-0.2, 0) is 0 Å². The first-order valence-corrected chi connectivity index (χ1v) is 17.8. The molecule has 4 heteroatoms. The van der Waals surface area contributed by atoms with E-state index in [1.165, 1.54) is 66.8 Å². The Morgan fingerprint density at radius 2 is 1.06 bits per heavy atom. The van der Waals surface area contributed by atoms with Crippen LogP contribution in [0, 0.1) is 5.92 Å². The van der Waals surface area contributed by atoms with Gasteiger partial charge < -0.3 is 4.81 Å². The average molecular weight is 652 g/mol. The lowest BCUT2D eigenvalue weighted by atomic mass is 9.40. The number of hydrogen-bond acceptors (Lipinski definition) is 3. The Balaban J connectivity index is 1.10. The van der Waals surface area contributed by atoms with Gasteiger partial charge in [-0.25, -0.2) is 0 Å². The van der Waals surface area contributed by atoms with Crippen molar-refractivity contribution in [3.8, 4) is 55.9 Å². The summed E-state index contributed by atoms with van der Waals surface area (Å²) in [6, 6.07) is 52.9.